The first-order valence-electron chi connectivity index (χ1n) is 11.4. The summed E-state index contributed by atoms with van der Waals surface area (Å²) in [7, 11) is 0. The van der Waals surface area contributed by atoms with Crippen molar-refractivity contribution in [1.82, 2.24) is 5.32 Å². The van der Waals surface area contributed by atoms with Gasteiger partial charge in [0.25, 0.3) is 5.91 Å². The van der Waals surface area contributed by atoms with Gasteiger partial charge in [0.1, 0.15) is 22.7 Å². The molecule has 0 radical (unpaired) electrons. The fraction of sp³-hybridized carbons (Fsp3) is 0.385. The van der Waals surface area contributed by atoms with E-state index in [4.69, 9.17) is 23.4 Å². The van der Waals surface area contributed by atoms with Crippen LogP contribution in [0.1, 0.15) is 43.9 Å². The lowest BCUT2D eigenvalue weighted by molar-refractivity contribution is -0.123. The van der Waals surface area contributed by atoms with Crippen LogP contribution in [0.25, 0.3) is 11.0 Å². The fourth-order valence-corrected chi connectivity index (χ4v) is 4.36. The van der Waals surface area contributed by atoms with Gasteiger partial charge in [-0.3, -0.25) is 4.79 Å². The molecule has 0 bridgehead atoms. The highest BCUT2D eigenvalue weighted by Gasteiger charge is 2.30. The van der Waals surface area contributed by atoms with Gasteiger partial charge in [-0.1, -0.05) is 13.0 Å². The fourth-order valence-electron chi connectivity index (χ4n) is 4.36. The molecule has 2 aliphatic rings. The predicted octanol–water partition coefficient (Wildman–Crippen LogP) is 3.88. The summed E-state index contributed by atoms with van der Waals surface area (Å²) in [6.07, 6.45) is 2.16. The number of amides is 1. The molecule has 0 saturated carbocycles. The highest BCUT2D eigenvalue weighted by atomic mass is 16.7. The maximum atomic E-state index is 12.6. The van der Waals surface area contributed by atoms with E-state index in [2.05, 4.69) is 5.32 Å². The summed E-state index contributed by atoms with van der Waals surface area (Å²) in [6, 6.07) is 8.83. The average Bonchev–Trinajstić information content (AvgIpc) is 3.27. The average molecular weight is 466 g/mol. The molecule has 34 heavy (non-hydrogen) atoms. The summed E-state index contributed by atoms with van der Waals surface area (Å²) in [5.41, 5.74) is 2.30. The number of carbonyl (C=O) groups is 1. The molecule has 8 heteroatoms. The molecule has 0 unspecified atom stereocenters. The molecular formula is C26H27NO7. The van der Waals surface area contributed by atoms with Gasteiger partial charge in [-0.15, -0.1) is 0 Å². The van der Waals surface area contributed by atoms with Crippen LogP contribution in [0.5, 0.6) is 23.0 Å². The molecule has 1 aromatic heterocycles. The largest absolute Gasteiger partial charge is 0.487 e. The van der Waals surface area contributed by atoms with Crippen LogP contribution in [0.4, 0.5) is 0 Å². The van der Waals surface area contributed by atoms with Crippen molar-refractivity contribution in [2.45, 2.75) is 52.2 Å². The SMILES string of the molecule is CCc1cc(=O)oc2c3c(cc(OCC(=O)NCc4ccc5c(c4)OCO5)c12)OC(C)(C)CC3. The zero-order valence-electron chi connectivity index (χ0n) is 19.5. The molecule has 0 spiro atoms. The Balaban J connectivity index is 1.37. The van der Waals surface area contributed by atoms with Gasteiger partial charge in [-0.25, -0.2) is 4.79 Å². The van der Waals surface area contributed by atoms with Crippen molar-refractivity contribution in [1.29, 1.82) is 0 Å². The maximum Gasteiger partial charge on any atom is 0.336 e. The van der Waals surface area contributed by atoms with Crippen LogP contribution in [-0.4, -0.2) is 24.9 Å². The first-order valence-corrected chi connectivity index (χ1v) is 11.4. The Kier molecular flexibility index (Phi) is 5.59. The Labute approximate surface area is 196 Å². The Bertz CT molecular complexity index is 1320. The second kappa shape index (κ2) is 8.59. The van der Waals surface area contributed by atoms with Crippen LogP contribution in [0, 0.1) is 0 Å². The van der Waals surface area contributed by atoms with Crippen LogP contribution in [0.15, 0.2) is 39.5 Å². The summed E-state index contributed by atoms with van der Waals surface area (Å²) >= 11 is 0. The van der Waals surface area contributed by atoms with E-state index in [1.807, 2.05) is 45.0 Å². The van der Waals surface area contributed by atoms with E-state index < -0.39 is 5.63 Å². The van der Waals surface area contributed by atoms with Crippen molar-refractivity contribution in [2.24, 2.45) is 0 Å². The molecule has 5 rings (SSSR count). The van der Waals surface area contributed by atoms with Crippen molar-refractivity contribution in [3.63, 3.8) is 0 Å². The molecule has 1 amide bonds. The van der Waals surface area contributed by atoms with Crippen LogP contribution in [0.3, 0.4) is 0 Å². The smallest absolute Gasteiger partial charge is 0.336 e. The molecule has 0 atom stereocenters. The van der Waals surface area contributed by atoms with Gasteiger partial charge >= 0.3 is 5.63 Å². The maximum absolute atomic E-state index is 12.6. The van der Waals surface area contributed by atoms with E-state index in [1.165, 1.54) is 6.07 Å². The number of hydrogen-bond donors (Lipinski definition) is 1. The van der Waals surface area contributed by atoms with Crippen LogP contribution in [-0.2, 0) is 24.2 Å². The van der Waals surface area contributed by atoms with E-state index in [0.717, 1.165) is 29.5 Å². The van der Waals surface area contributed by atoms with E-state index >= 15 is 0 Å². The molecule has 178 valence electrons. The van der Waals surface area contributed by atoms with E-state index in [1.54, 1.807) is 0 Å². The second-order valence-corrected chi connectivity index (χ2v) is 9.11. The van der Waals surface area contributed by atoms with Gasteiger partial charge in [0.15, 0.2) is 18.1 Å². The number of nitrogens with one attached hydrogen (secondary N) is 1. The number of hydrogen-bond acceptors (Lipinski definition) is 7. The van der Waals surface area contributed by atoms with Crippen LogP contribution in [0.2, 0.25) is 0 Å². The number of fused-ring (bicyclic) bond motifs is 4. The molecule has 0 aliphatic carbocycles. The molecular weight excluding hydrogens is 438 g/mol. The van der Waals surface area contributed by atoms with Gasteiger partial charge in [-0.05, 0) is 56.4 Å². The Morgan fingerprint density at radius 2 is 1.94 bits per heavy atom. The summed E-state index contributed by atoms with van der Waals surface area (Å²) < 4.78 is 28.4. The summed E-state index contributed by atoms with van der Waals surface area (Å²) in [5, 5.41) is 3.57. The minimum atomic E-state index is -0.407. The van der Waals surface area contributed by atoms with E-state index in [0.29, 0.717) is 46.9 Å². The molecule has 2 aliphatic heterocycles. The van der Waals surface area contributed by atoms with Crippen molar-refractivity contribution in [3.8, 4) is 23.0 Å². The van der Waals surface area contributed by atoms with E-state index in [9.17, 15) is 9.59 Å². The highest BCUT2D eigenvalue weighted by molar-refractivity contribution is 5.92. The molecule has 3 aromatic rings. The monoisotopic (exact) mass is 465 g/mol. The minimum Gasteiger partial charge on any atom is -0.487 e. The van der Waals surface area contributed by atoms with Gasteiger partial charge < -0.3 is 28.7 Å². The molecule has 3 heterocycles. The van der Waals surface area contributed by atoms with Crippen molar-refractivity contribution >= 4 is 16.9 Å². The lowest BCUT2D eigenvalue weighted by Crippen LogP contribution is -2.33. The predicted molar refractivity (Wildman–Crippen MR) is 125 cm³/mol. The molecule has 2 aromatic carbocycles. The van der Waals surface area contributed by atoms with E-state index in [-0.39, 0.29) is 24.9 Å². The van der Waals surface area contributed by atoms with Crippen LogP contribution < -0.4 is 29.9 Å². The normalized spacial score (nSPS) is 15.5. The quantitative estimate of drug-likeness (QED) is 0.552. The molecule has 1 N–H and O–H groups in total. The first kappa shape index (κ1) is 22.1. The summed E-state index contributed by atoms with van der Waals surface area (Å²) in [6.45, 7) is 6.34. The summed E-state index contributed by atoms with van der Waals surface area (Å²) in [4.78, 5) is 24.8. The zero-order chi connectivity index (χ0) is 23.9. The lowest BCUT2D eigenvalue weighted by atomic mass is 9.92. The van der Waals surface area contributed by atoms with Gasteiger partial charge in [0.05, 0.1) is 5.39 Å². The van der Waals surface area contributed by atoms with Crippen molar-refractivity contribution in [3.05, 3.63) is 57.4 Å². The third-order valence-electron chi connectivity index (χ3n) is 6.15. The van der Waals surface area contributed by atoms with Gasteiger partial charge in [0.2, 0.25) is 6.79 Å². The number of ether oxygens (including phenoxy) is 4. The number of carbonyl (C=O) groups excluding carboxylic acids is 1. The lowest BCUT2D eigenvalue weighted by Gasteiger charge is -2.33. The Morgan fingerprint density at radius 3 is 2.76 bits per heavy atom. The van der Waals surface area contributed by atoms with Crippen molar-refractivity contribution < 1.29 is 28.2 Å². The molecule has 8 nitrogen and oxygen atoms in total. The Hall–Kier alpha value is -3.68. The second-order valence-electron chi connectivity index (χ2n) is 9.11. The highest BCUT2D eigenvalue weighted by Crippen LogP contribution is 2.43. The van der Waals surface area contributed by atoms with Crippen molar-refractivity contribution in [2.75, 3.05) is 13.4 Å². The molecule has 0 fully saturated rings. The standard InChI is InChI=1S/C26H27NO7/c1-4-16-10-23(29)33-25-17-7-8-26(2,3)34-19(17)11-21(24(16)25)30-13-22(28)27-12-15-5-6-18-20(9-15)32-14-31-18/h5-6,9-11H,4,7-8,12-14H2,1-3H3,(H,27,28). The number of benzene rings is 2. The minimum absolute atomic E-state index is 0.190. The Morgan fingerprint density at radius 1 is 1.12 bits per heavy atom. The molecule has 0 saturated heterocycles. The number of rotatable bonds is 6. The number of aryl methyl sites for hydroxylation is 2. The first-order chi connectivity index (χ1) is 16.3. The van der Waals surface area contributed by atoms with Crippen LogP contribution >= 0.6 is 0 Å². The summed E-state index contributed by atoms with van der Waals surface area (Å²) in [5.74, 6) is 2.17. The third kappa shape index (κ3) is 4.27. The van der Waals surface area contributed by atoms with Gasteiger partial charge in [-0.2, -0.15) is 0 Å². The zero-order valence-corrected chi connectivity index (χ0v) is 19.5. The topological polar surface area (TPSA) is 96.2 Å². The third-order valence-corrected chi connectivity index (χ3v) is 6.15. The van der Waals surface area contributed by atoms with Gasteiger partial charge in [0, 0.05) is 24.2 Å².